The molecule has 0 fully saturated rings. The lowest BCUT2D eigenvalue weighted by Crippen LogP contribution is -2.65. The van der Waals surface area contributed by atoms with Gasteiger partial charge in [-0.25, -0.2) is 4.79 Å². The van der Waals surface area contributed by atoms with Crippen molar-refractivity contribution in [1.29, 1.82) is 5.26 Å². The maximum absolute atomic E-state index is 12.0. The van der Waals surface area contributed by atoms with E-state index in [4.69, 9.17) is 15.7 Å². The topological polar surface area (TPSA) is 99.6 Å². The van der Waals surface area contributed by atoms with E-state index in [1.54, 1.807) is 18.2 Å². The first-order chi connectivity index (χ1) is 10.5. The van der Waals surface area contributed by atoms with Gasteiger partial charge in [0.05, 0.1) is 11.6 Å². The van der Waals surface area contributed by atoms with Crippen molar-refractivity contribution in [3.8, 4) is 11.8 Å². The summed E-state index contributed by atoms with van der Waals surface area (Å²) in [6, 6.07) is 5.63. The van der Waals surface area contributed by atoms with Gasteiger partial charge in [-0.3, -0.25) is 0 Å². The molecule has 1 aromatic carbocycles. The lowest BCUT2D eigenvalue weighted by Gasteiger charge is -2.51. The minimum Gasteiger partial charge on any atom is -0.485 e. The Morgan fingerprint density at radius 1 is 1.43 bits per heavy atom. The van der Waals surface area contributed by atoms with Crippen LogP contribution in [-0.2, 0) is 0 Å². The van der Waals surface area contributed by atoms with E-state index in [1.807, 2.05) is 40.7 Å². The number of amides is 2. The molecule has 0 aromatic heterocycles. The Balaban J connectivity index is 2.59. The van der Waals surface area contributed by atoms with E-state index in [2.05, 4.69) is 0 Å². The van der Waals surface area contributed by atoms with Crippen molar-refractivity contribution < 1.29 is 14.6 Å². The fourth-order valence-corrected chi connectivity index (χ4v) is 3.17. The molecule has 23 heavy (non-hydrogen) atoms. The molecule has 3 N–H and O–H groups in total. The first-order valence-corrected chi connectivity index (χ1v) is 7.49. The van der Waals surface area contributed by atoms with Crippen molar-refractivity contribution in [2.45, 2.75) is 57.9 Å². The van der Waals surface area contributed by atoms with E-state index in [-0.39, 0.29) is 0 Å². The average Bonchev–Trinajstić information content (AvgIpc) is 2.40. The third kappa shape index (κ3) is 2.97. The van der Waals surface area contributed by atoms with E-state index < -0.39 is 29.3 Å². The summed E-state index contributed by atoms with van der Waals surface area (Å²) in [5, 5.41) is 20.0. The molecule has 0 saturated heterocycles. The summed E-state index contributed by atoms with van der Waals surface area (Å²) in [5.74, 6) is 0.510. The Morgan fingerprint density at radius 2 is 2.04 bits per heavy atom. The summed E-state index contributed by atoms with van der Waals surface area (Å²) in [5.41, 5.74) is 5.05. The Kier molecular flexibility index (Phi) is 4.03. The molecular weight excluding hydrogens is 294 g/mol. The number of aliphatic hydroxyl groups is 1. The van der Waals surface area contributed by atoms with Crippen LogP contribution in [0.2, 0.25) is 0 Å². The molecule has 2 amide bonds. The minimum atomic E-state index is -1.01. The second-order valence-electron chi connectivity index (χ2n) is 7.34. The van der Waals surface area contributed by atoms with Crippen LogP contribution in [0.4, 0.5) is 4.79 Å². The smallest absolute Gasteiger partial charge is 0.315 e. The third-order valence-electron chi connectivity index (χ3n) is 4.08. The van der Waals surface area contributed by atoms with Gasteiger partial charge in [-0.2, -0.15) is 5.26 Å². The summed E-state index contributed by atoms with van der Waals surface area (Å²) < 4.78 is 6.01. The highest BCUT2D eigenvalue weighted by molar-refractivity contribution is 5.74. The molecule has 124 valence electrons. The molecule has 2 rings (SSSR count). The predicted molar refractivity (Wildman–Crippen MR) is 85.8 cm³/mol. The van der Waals surface area contributed by atoms with Crippen LogP contribution in [0.3, 0.4) is 0 Å². The molecule has 1 aromatic rings. The zero-order valence-corrected chi connectivity index (χ0v) is 14.1. The highest BCUT2D eigenvalue weighted by atomic mass is 16.5. The zero-order chi connectivity index (χ0) is 17.6. The van der Waals surface area contributed by atoms with Crippen molar-refractivity contribution in [1.82, 2.24) is 4.90 Å². The van der Waals surface area contributed by atoms with E-state index in [1.165, 1.54) is 4.90 Å². The number of hydrogen-bond acceptors (Lipinski definition) is 4. The fraction of sp³-hybridized carbons (Fsp3) is 0.529. The van der Waals surface area contributed by atoms with Crippen molar-refractivity contribution in [3.05, 3.63) is 29.3 Å². The first kappa shape index (κ1) is 17.1. The second kappa shape index (κ2) is 5.43. The second-order valence-corrected chi connectivity index (χ2v) is 7.34. The van der Waals surface area contributed by atoms with E-state index >= 15 is 0 Å². The molecule has 1 heterocycles. The van der Waals surface area contributed by atoms with Gasteiger partial charge in [0, 0.05) is 11.1 Å². The largest absolute Gasteiger partial charge is 0.485 e. The van der Waals surface area contributed by atoms with Gasteiger partial charge >= 0.3 is 6.03 Å². The Labute approximate surface area is 136 Å². The molecule has 6 heteroatoms. The quantitative estimate of drug-likeness (QED) is 0.830. The molecule has 0 spiro atoms. The van der Waals surface area contributed by atoms with Gasteiger partial charge in [-0.05, 0) is 52.8 Å². The van der Waals surface area contributed by atoms with Crippen molar-refractivity contribution >= 4 is 6.03 Å². The van der Waals surface area contributed by atoms with Gasteiger partial charge in [0.25, 0.3) is 0 Å². The normalized spacial score (nSPS) is 22.5. The number of nitriles is 1. The monoisotopic (exact) mass is 317 g/mol. The number of ether oxygens (including phenoxy) is 1. The molecule has 1 aliphatic rings. The van der Waals surface area contributed by atoms with Crippen LogP contribution in [0, 0.1) is 11.3 Å². The molecule has 0 unspecified atom stereocenters. The lowest BCUT2D eigenvalue weighted by atomic mass is 9.82. The van der Waals surface area contributed by atoms with Crippen molar-refractivity contribution in [3.63, 3.8) is 0 Å². The van der Waals surface area contributed by atoms with Crippen molar-refractivity contribution in [2.75, 3.05) is 0 Å². The molecule has 0 aliphatic carbocycles. The van der Waals surface area contributed by atoms with Crippen LogP contribution >= 0.6 is 0 Å². The highest BCUT2D eigenvalue weighted by Crippen LogP contribution is 2.44. The summed E-state index contributed by atoms with van der Waals surface area (Å²) in [6.45, 7) is 9.17. The maximum Gasteiger partial charge on any atom is 0.315 e. The average molecular weight is 317 g/mol. The number of carbonyl (C=O) groups excluding carboxylic acids is 1. The molecule has 0 radical (unpaired) electrons. The highest BCUT2D eigenvalue weighted by Gasteiger charge is 2.50. The molecular formula is C17H23N3O3. The van der Waals surface area contributed by atoms with E-state index in [0.717, 1.165) is 0 Å². The number of benzene rings is 1. The number of nitrogens with two attached hydrogens (primary N) is 1. The van der Waals surface area contributed by atoms with Gasteiger partial charge in [0.15, 0.2) is 0 Å². The van der Waals surface area contributed by atoms with Gasteiger partial charge < -0.3 is 20.5 Å². The van der Waals surface area contributed by atoms with Crippen LogP contribution < -0.4 is 10.5 Å². The minimum absolute atomic E-state index is 0.422. The summed E-state index contributed by atoms with van der Waals surface area (Å²) in [6.07, 6.45) is -1.01. The third-order valence-corrected chi connectivity index (χ3v) is 4.08. The van der Waals surface area contributed by atoms with Gasteiger partial charge in [0.1, 0.15) is 23.5 Å². The van der Waals surface area contributed by atoms with E-state index in [9.17, 15) is 9.90 Å². The molecule has 0 saturated carbocycles. The fourth-order valence-electron chi connectivity index (χ4n) is 3.17. The van der Waals surface area contributed by atoms with Crippen molar-refractivity contribution in [2.24, 2.45) is 5.73 Å². The maximum atomic E-state index is 12.0. The standard InChI is InChI=1S/C17H23N3O3/c1-16(2,3)20(15(19)22)14-13(21)11-8-10(9-18)6-7-12(11)23-17(14,4)5/h6-8,13-14,21H,1-5H3,(H2,19,22)/t13-,14+/m0/s1. The molecule has 2 atom stereocenters. The number of rotatable bonds is 1. The SMILES string of the molecule is CC1(C)Oc2ccc(C#N)cc2[C@H](O)[C@H]1N(C(N)=O)C(C)(C)C. The lowest BCUT2D eigenvalue weighted by molar-refractivity contribution is -0.0882. The number of primary amides is 1. The number of urea groups is 1. The van der Waals surface area contributed by atoms with Gasteiger partial charge in [0.2, 0.25) is 0 Å². The predicted octanol–water partition coefficient (Wildman–Crippen LogP) is 2.31. The Hall–Kier alpha value is -2.26. The summed E-state index contributed by atoms with van der Waals surface area (Å²) in [4.78, 5) is 13.5. The summed E-state index contributed by atoms with van der Waals surface area (Å²) in [7, 11) is 0. The number of fused-ring (bicyclic) bond motifs is 1. The molecule has 0 bridgehead atoms. The van der Waals surface area contributed by atoms with Crippen LogP contribution in [0.25, 0.3) is 0 Å². The van der Waals surface area contributed by atoms with Crippen LogP contribution in [0.1, 0.15) is 51.8 Å². The van der Waals surface area contributed by atoms with Gasteiger partial charge in [-0.1, -0.05) is 0 Å². The zero-order valence-electron chi connectivity index (χ0n) is 14.1. The van der Waals surface area contributed by atoms with Crippen LogP contribution in [-0.4, -0.2) is 33.2 Å². The number of hydrogen-bond donors (Lipinski definition) is 2. The number of carbonyl (C=O) groups is 1. The Bertz CT molecular complexity index is 671. The summed E-state index contributed by atoms with van der Waals surface area (Å²) >= 11 is 0. The van der Waals surface area contributed by atoms with Gasteiger partial charge in [-0.15, -0.1) is 0 Å². The number of nitrogens with zero attached hydrogens (tertiary/aromatic N) is 2. The number of aliphatic hydroxyl groups excluding tert-OH is 1. The molecule has 6 nitrogen and oxygen atoms in total. The van der Waals surface area contributed by atoms with E-state index in [0.29, 0.717) is 16.9 Å². The van der Waals surface area contributed by atoms with Crippen LogP contribution in [0.5, 0.6) is 5.75 Å². The molecule has 1 aliphatic heterocycles. The van der Waals surface area contributed by atoms with Crippen LogP contribution in [0.15, 0.2) is 18.2 Å². The first-order valence-electron chi connectivity index (χ1n) is 7.49. The Morgan fingerprint density at radius 3 is 2.52 bits per heavy atom.